The van der Waals surface area contributed by atoms with E-state index >= 15 is 0 Å². The van der Waals surface area contributed by atoms with Gasteiger partial charge in [-0.05, 0) is 49.2 Å². The number of carbonyl (C=O) groups is 1. The topological polar surface area (TPSA) is 72.5 Å². The number of ether oxygens (including phenoxy) is 2. The van der Waals surface area contributed by atoms with Gasteiger partial charge in [0.25, 0.3) is 5.91 Å². The van der Waals surface area contributed by atoms with Gasteiger partial charge in [-0.25, -0.2) is 4.98 Å². The second kappa shape index (κ2) is 9.21. The highest BCUT2D eigenvalue weighted by molar-refractivity contribution is 6.05. The lowest BCUT2D eigenvalue weighted by Crippen LogP contribution is -2.19. The maximum atomic E-state index is 12.8. The number of para-hydroxylation sites is 3. The molecule has 4 rings (SSSR count). The fourth-order valence-electron chi connectivity index (χ4n) is 3.16. The first kappa shape index (κ1) is 19.0. The second-order valence-electron chi connectivity index (χ2n) is 6.81. The van der Waals surface area contributed by atoms with Gasteiger partial charge in [-0.1, -0.05) is 30.3 Å². The van der Waals surface area contributed by atoms with Crippen LogP contribution in [0.4, 0.5) is 11.5 Å². The second-order valence-corrected chi connectivity index (χ2v) is 6.81. The Morgan fingerprint density at radius 2 is 1.93 bits per heavy atom. The fraction of sp³-hybridized carbons (Fsp3) is 0.217. The van der Waals surface area contributed by atoms with Crippen LogP contribution in [-0.2, 0) is 4.74 Å². The molecule has 6 heteroatoms. The van der Waals surface area contributed by atoms with Crippen LogP contribution < -0.4 is 15.4 Å². The molecule has 1 unspecified atom stereocenters. The first-order chi connectivity index (χ1) is 14.3. The SMILES string of the molecule is O=C(Nc1ccccc1Oc1ccccc1)c1ccnc(NCC2CCCO2)c1. The van der Waals surface area contributed by atoms with E-state index in [-0.39, 0.29) is 12.0 Å². The summed E-state index contributed by atoms with van der Waals surface area (Å²) in [6.45, 7) is 1.50. The molecule has 1 aliphatic rings. The molecule has 2 N–H and O–H groups in total. The molecule has 1 fully saturated rings. The van der Waals surface area contributed by atoms with Crippen molar-refractivity contribution >= 4 is 17.4 Å². The Morgan fingerprint density at radius 3 is 2.76 bits per heavy atom. The van der Waals surface area contributed by atoms with Crippen molar-refractivity contribution < 1.29 is 14.3 Å². The molecule has 29 heavy (non-hydrogen) atoms. The lowest BCUT2D eigenvalue weighted by molar-refractivity contribution is 0.102. The van der Waals surface area contributed by atoms with E-state index in [9.17, 15) is 4.79 Å². The van der Waals surface area contributed by atoms with Crippen LogP contribution in [0.15, 0.2) is 72.9 Å². The van der Waals surface area contributed by atoms with Crippen molar-refractivity contribution in [1.82, 2.24) is 4.98 Å². The predicted molar refractivity (Wildman–Crippen MR) is 113 cm³/mol. The number of amides is 1. The first-order valence-corrected chi connectivity index (χ1v) is 9.73. The third kappa shape index (κ3) is 5.12. The highest BCUT2D eigenvalue weighted by atomic mass is 16.5. The smallest absolute Gasteiger partial charge is 0.255 e. The Labute approximate surface area is 169 Å². The van der Waals surface area contributed by atoms with Crippen LogP contribution in [-0.4, -0.2) is 30.1 Å². The van der Waals surface area contributed by atoms with Gasteiger partial charge in [-0.3, -0.25) is 4.79 Å². The lowest BCUT2D eigenvalue weighted by atomic mass is 10.2. The molecule has 1 atom stereocenters. The summed E-state index contributed by atoms with van der Waals surface area (Å²) in [5, 5.41) is 6.18. The van der Waals surface area contributed by atoms with Crippen LogP contribution in [0.2, 0.25) is 0 Å². The largest absolute Gasteiger partial charge is 0.455 e. The number of rotatable bonds is 7. The fourth-order valence-corrected chi connectivity index (χ4v) is 3.16. The van der Waals surface area contributed by atoms with Gasteiger partial charge >= 0.3 is 0 Å². The van der Waals surface area contributed by atoms with E-state index in [2.05, 4.69) is 15.6 Å². The number of nitrogens with zero attached hydrogens (tertiary/aromatic N) is 1. The van der Waals surface area contributed by atoms with Gasteiger partial charge in [0.2, 0.25) is 0 Å². The quantitative estimate of drug-likeness (QED) is 0.612. The minimum atomic E-state index is -0.225. The molecule has 1 amide bonds. The van der Waals surface area contributed by atoms with Gasteiger partial charge in [-0.2, -0.15) is 0 Å². The van der Waals surface area contributed by atoms with Gasteiger partial charge in [0.05, 0.1) is 11.8 Å². The Hall–Kier alpha value is -3.38. The molecule has 2 aromatic carbocycles. The molecule has 0 spiro atoms. The van der Waals surface area contributed by atoms with Gasteiger partial charge < -0.3 is 20.1 Å². The zero-order valence-corrected chi connectivity index (χ0v) is 16.0. The molecular weight excluding hydrogens is 366 g/mol. The number of nitrogens with one attached hydrogen (secondary N) is 2. The number of anilines is 2. The zero-order chi connectivity index (χ0) is 19.9. The summed E-state index contributed by atoms with van der Waals surface area (Å²) in [7, 11) is 0. The zero-order valence-electron chi connectivity index (χ0n) is 16.0. The van der Waals surface area contributed by atoms with Crippen molar-refractivity contribution in [3.8, 4) is 11.5 Å². The highest BCUT2D eigenvalue weighted by Crippen LogP contribution is 2.29. The molecular formula is C23H23N3O3. The van der Waals surface area contributed by atoms with Crippen molar-refractivity contribution in [3.63, 3.8) is 0 Å². The van der Waals surface area contributed by atoms with Crippen LogP contribution in [0.25, 0.3) is 0 Å². The molecule has 6 nitrogen and oxygen atoms in total. The standard InChI is InChI=1S/C23H23N3O3/c27-23(17-12-13-24-22(15-17)25-16-19-9-6-14-28-19)26-20-10-4-5-11-21(20)29-18-7-2-1-3-8-18/h1-5,7-8,10-13,15,19H,6,9,14,16H2,(H,24,25)(H,26,27). The van der Waals surface area contributed by atoms with E-state index in [1.54, 1.807) is 18.3 Å². The van der Waals surface area contributed by atoms with Gasteiger partial charge in [0, 0.05) is 24.9 Å². The Balaban J connectivity index is 1.43. The van der Waals surface area contributed by atoms with Crippen LogP contribution in [0.3, 0.4) is 0 Å². The van der Waals surface area contributed by atoms with Crippen LogP contribution in [0.1, 0.15) is 23.2 Å². The average Bonchev–Trinajstić information content (AvgIpc) is 3.28. The number of carbonyl (C=O) groups excluding carboxylic acids is 1. The molecule has 0 saturated carbocycles. The molecule has 1 aliphatic heterocycles. The summed E-state index contributed by atoms with van der Waals surface area (Å²) in [5.41, 5.74) is 1.12. The monoisotopic (exact) mass is 389 g/mol. The van der Waals surface area contributed by atoms with Crippen LogP contribution in [0, 0.1) is 0 Å². The maximum Gasteiger partial charge on any atom is 0.255 e. The Bertz CT molecular complexity index is 956. The van der Waals surface area contributed by atoms with E-state index < -0.39 is 0 Å². The third-order valence-electron chi connectivity index (χ3n) is 4.66. The summed E-state index contributed by atoms with van der Waals surface area (Å²) in [5.74, 6) is 1.72. The van der Waals surface area contributed by atoms with Gasteiger partial charge in [-0.15, -0.1) is 0 Å². The molecule has 148 valence electrons. The number of hydrogen-bond acceptors (Lipinski definition) is 5. The summed E-state index contributed by atoms with van der Waals surface area (Å²) in [4.78, 5) is 17.1. The maximum absolute atomic E-state index is 12.8. The molecule has 1 saturated heterocycles. The lowest BCUT2D eigenvalue weighted by Gasteiger charge is -2.13. The average molecular weight is 389 g/mol. The normalized spacial score (nSPS) is 15.7. The van der Waals surface area contributed by atoms with Crippen molar-refractivity contribution in [3.05, 3.63) is 78.5 Å². The Kier molecular flexibility index (Phi) is 6.02. The molecule has 2 heterocycles. The van der Waals surface area contributed by atoms with Crippen LogP contribution in [0.5, 0.6) is 11.5 Å². The van der Waals surface area contributed by atoms with Gasteiger partial charge in [0.15, 0.2) is 5.75 Å². The van der Waals surface area contributed by atoms with Crippen molar-refractivity contribution in [2.75, 3.05) is 23.8 Å². The third-order valence-corrected chi connectivity index (χ3v) is 4.66. The number of pyridine rings is 1. The first-order valence-electron chi connectivity index (χ1n) is 9.73. The summed E-state index contributed by atoms with van der Waals surface area (Å²) < 4.78 is 11.5. The Morgan fingerprint density at radius 1 is 1.10 bits per heavy atom. The number of benzene rings is 2. The number of aromatic nitrogens is 1. The van der Waals surface area contributed by atoms with E-state index in [0.717, 1.165) is 19.4 Å². The van der Waals surface area contributed by atoms with E-state index in [4.69, 9.17) is 9.47 Å². The van der Waals surface area contributed by atoms with Crippen molar-refractivity contribution in [2.24, 2.45) is 0 Å². The summed E-state index contributed by atoms with van der Waals surface area (Å²) >= 11 is 0. The van der Waals surface area contributed by atoms with Crippen molar-refractivity contribution in [2.45, 2.75) is 18.9 Å². The summed E-state index contributed by atoms with van der Waals surface area (Å²) in [6, 6.07) is 20.3. The molecule has 0 bridgehead atoms. The van der Waals surface area contributed by atoms with Gasteiger partial charge in [0.1, 0.15) is 11.6 Å². The van der Waals surface area contributed by atoms with Crippen LogP contribution >= 0.6 is 0 Å². The van der Waals surface area contributed by atoms with E-state index in [0.29, 0.717) is 35.1 Å². The molecule has 0 radical (unpaired) electrons. The molecule has 1 aromatic heterocycles. The number of hydrogen-bond donors (Lipinski definition) is 2. The van der Waals surface area contributed by atoms with Crippen molar-refractivity contribution in [1.29, 1.82) is 0 Å². The van der Waals surface area contributed by atoms with E-state index in [1.807, 2.05) is 54.6 Å². The predicted octanol–water partition coefficient (Wildman–Crippen LogP) is 4.72. The highest BCUT2D eigenvalue weighted by Gasteiger charge is 2.16. The summed E-state index contributed by atoms with van der Waals surface area (Å²) in [6.07, 6.45) is 3.97. The minimum Gasteiger partial charge on any atom is -0.455 e. The molecule has 0 aliphatic carbocycles. The molecule has 3 aromatic rings. The minimum absolute atomic E-state index is 0.205. The van der Waals surface area contributed by atoms with E-state index in [1.165, 1.54) is 0 Å².